The third-order valence-corrected chi connectivity index (χ3v) is 2.03. The summed E-state index contributed by atoms with van der Waals surface area (Å²) in [5.41, 5.74) is 5.30. The Morgan fingerprint density at radius 1 is 1.83 bits per heavy atom. The number of aromatic nitrogens is 1. The Morgan fingerprint density at radius 2 is 2.50 bits per heavy atom. The molecule has 0 fully saturated rings. The minimum Gasteiger partial charge on any atom is -0.476 e. The third-order valence-electron chi connectivity index (χ3n) is 1.17. The second kappa shape index (κ2) is 3.51. The van der Waals surface area contributed by atoms with Gasteiger partial charge in [-0.2, -0.15) is 0 Å². The predicted octanol–water partition coefficient (Wildman–Crippen LogP) is 0.570. The molecule has 0 bridgehead atoms. The molecule has 0 amide bonds. The molecule has 0 unspecified atom stereocenters. The molecule has 1 aromatic rings. The lowest BCUT2D eigenvalue weighted by Gasteiger charge is -1.88. The molecule has 0 atom stereocenters. The molecule has 1 heterocycles. The van der Waals surface area contributed by atoms with Crippen molar-refractivity contribution in [3.8, 4) is 0 Å². The van der Waals surface area contributed by atoms with Crippen LogP contribution in [0.4, 0.5) is 5.00 Å². The highest BCUT2D eigenvalue weighted by atomic mass is 32.1. The van der Waals surface area contributed by atoms with Crippen LogP contribution in [0.5, 0.6) is 0 Å². The van der Waals surface area contributed by atoms with Gasteiger partial charge in [0, 0.05) is 7.11 Å². The number of nitrogens with zero attached hydrogens (tertiary/aromatic N) is 1. The van der Waals surface area contributed by atoms with Crippen molar-refractivity contribution in [2.45, 2.75) is 6.61 Å². The highest BCUT2D eigenvalue weighted by molar-refractivity contribution is 7.15. The molecule has 0 spiro atoms. The SMILES string of the molecule is COCc1nc(C(=O)O)c(N)s1. The van der Waals surface area contributed by atoms with Crippen LogP contribution >= 0.6 is 11.3 Å². The molecule has 3 N–H and O–H groups in total. The van der Waals surface area contributed by atoms with Crippen LogP contribution in [0.2, 0.25) is 0 Å². The van der Waals surface area contributed by atoms with Gasteiger partial charge in [-0.1, -0.05) is 11.3 Å². The normalized spacial score (nSPS) is 10.1. The number of carbonyl (C=O) groups is 1. The Labute approximate surface area is 72.8 Å². The van der Waals surface area contributed by atoms with Crippen LogP contribution in [-0.4, -0.2) is 23.2 Å². The molecular formula is C6H8N2O3S. The van der Waals surface area contributed by atoms with Crippen molar-refractivity contribution in [1.82, 2.24) is 4.98 Å². The number of carboxylic acid groups (broad SMARTS) is 1. The van der Waals surface area contributed by atoms with E-state index in [2.05, 4.69) is 4.98 Å². The topological polar surface area (TPSA) is 85.4 Å². The summed E-state index contributed by atoms with van der Waals surface area (Å²) >= 11 is 1.13. The van der Waals surface area contributed by atoms with Gasteiger partial charge in [0.15, 0.2) is 5.69 Å². The van der Waals surface area contributed by atoms with E-state index in [4.69, 9.17) is 15.6 Å². The van der Waals surface area contributed by atoms with Crippen molar-refractivity contribution in [3.63, 3.8) is 0 Å². The van der Waals surface area contributed by atoms with E-state index in [1.54, 1.807) is 0 Å². The van der Waals surface area contributed by atoms with E-state index in [1.165, 1.54) is 7.11 Å². The Hall–Kier alpha value is -1.14. The van der Waals surface area contributed by atoms with Gasteiger partial charge in [-0.25, -0.2) is 9.78 Å². The van der Waals surface area contributed by atoms with Crippen LogP contribution in [0.25, 0.3) is 0 Å². The number of hydrogen-bond acceptors (Lipinski definition) is 5. The maximum atomic E-state index is 10.5. The largest absolute Gasteiger partial charge is 0.476 e. The highest BCUT2D eigenvalue weighted by Crippen LogP contribution is 2.21. The summed E-state index contributed by atoms with van der Waals surface area (Å²) in [6.45, 7) is 0.294. The van der Waals surface area contributed by atoms with Gasteiger partial charge in [0.25, 0.3) is 0 Å². The van der Waals surface area contributed by atoms with Crippen LogP contribution in [0.1, 0.15) is 15.5 Å². The van der Waals surface area contributed by atoms with Gasteiger partial charge in [-0.3, -0.25) is 0 Å². The molecule has 0 saturated heterocycles. The first kappa shape index (κ1) is 8.95. The number of thiazole rings is 1. The number of ether oxygens (including phenoxy) is 1. The first-order chi connectivity index (χ1) is 5.65. The van der Waals surface area contributed by atoms with Crippen molar-refractivity contribution < 1.29 is 14.6 Å². The Kier molecular flexibility index (Phi) is 2.61. The van der Waals surface area contributed by atoms with Crippen LogP contribution in [0.15, 0.2) is 0 Å². The summed E-state index contributed by atoms with van der Waals surface area (Å²) in [7, 11) is 1.51. The summed E-state index contributed by atoms with van der Waals surface area (Å²) in [6, 6.07) is 0. The van der Waals surface area contributed by atoms with Crippen LogP contribution in [0, 0.1) is 0 Å². The highest BCUT2D eigenvalue weighted by Gasteiger charge is 2.14. The second-order valence-electron chi connectivity index (χ2n) is 2.06. The molecule has 0 aliphatic rings. The van der Waals surface area contributed by atoms with Gasteiger partial charge in [-0.05, 0) is 0 Å². The number of nitrogen functional groups attached to an aromatic ring is 1. The quantitative estimate of drug-likeness (QED) is 0.724. The predicted molar refractivity (Wildman–Crippen MR) is 44.2 cm³/mol. The lowest BCUT2D eigenvalue weighted by atomic mass is 10.5. The smallest absolute Gasteiger partial charge is 0.357 e. The van der Waals surface area contributed by atoms with Crippen LogP contribution < -0.4 is 5.73 Å². The van der Waals surface area contributed by atoms with Crippen molar-refractivity contribution in [2.75, 3.05) is 12.8 Å². The molecule has 0 saturated carbocycles. The van der Waals surface area contributed by atoms with Gasteiger partial charge in [0.05, 0.1) is 6.61 Å². The fraction of sp³-hybridized carbons (Fsp3) is 0.333. The monoisotopic (exact) mass is 188 g/mol. The summed E-state index contributed by atoms with van der Waals surface area (Å²) in [6.07, 6.45) is 0. The fourth-order valence-corrected chi connectivity index (χ4v) is 1.51. The van der Waals surface area contributed by atoms with Gasteiger partial charge < -0.3 is 15.6 Å². The number of hydrogen-bond donors (Lipinski definition) is 2. The minimum atomic E-state index is -1.11. The second-order valence-corrected chi connectivity index (χ2v) is 3.17. The number of nitrogens with two attached hydrogens (primary N) is 1. The van der Waals surface area contributed by atoms with E-state index in [1.807, 2.05) is 0 Å². The first-order valence-corrected chi connectivity index (χ1v) is 3.94. The summed E-state index contributed by atoms with van der Waals surface area (Å²) < 4.78 is 4.78. The average Bonchev–Trinajstić information content (AvgIpc) is 2.32. The Morgan fingerprint density at radius 3 is 2.92 bits per heavy atom. The molecule has 1 rings (SSSR count). The van der Waals surface area contributed by atoms with Crippen LogP contribution in [0.3, 0.4) is 0 Å². The number of aromatic carboxylic acids is 1. The molecule has 0 aromatic carbocycles. The van der Waals surface area contributed by atoms with E-state index < -0.39 is 5.97 Å². The maximum absolute atomic E-state index is 10.5. The van der Waals surface area contributed by atoms with Gasteiger partial charge in [0.2, 0.25) is 0 Å². The standard InChI is InChI=1S/C6H8N2O3S/c1-11-2-3-8-4(6(9)10)5(7)12-3/h2,7H2,1H3,(H,9,10). The number of carboxylic acids is 1. The zero-order valence-electron chi connectivity index (χ0n) is 6.40. The zero-order valence-corrected chi connectivity index (χ0v) is 7.22. The minimum absolute atomic E-state index is 0.0907. The molecule has 66 valence electrons. The summed E-state index contributed by atoms with van der Waals surface area (Å²) in [4.78, 5) is 14.2. The molecule has 5 nitrogen and oxygen atoms in total. The van der Waals surface area contributed by atoms with Gasteiger partial charge in [0.1, 0.15) is 10.0 Å². The van der Waals surface area contributed by atoms with E-state index >= 15 is 0 Å². The molecule has 0 aliphatic carbocycles. The summed E-state index contributed by atoms with van der Waals surface area (Å²) in [5, 5.41) is 9.36. The fourth-order valence-electron chi connectivity index (χ4n) is 0.716. The molecule has 0 aliphatic heterocycles. The molecule has 12 heavy (non-hydrogen) atoms. The van der Waals surface area contributed by atoms with E-state index in [-0.39, 0.29) is 10.7 Å². The average molecular weight is 188 g/mol. The lowest BCUT2D eigenvalue weighted by Crippen LogP contribution is -2.00. The maximum Gasteiger partial charge on any atom is 0.357 e. The molecule has 1 aromatic heterocycles. The van der Waals surface area contributed by atoms with E-state index in [0.717, 1.165) is 11.3 Å². The Balaban J connectivity index is 2.92. The van der Waals surface area contributed by atoms with Crippen molar-refractivity contribution in [2.24, 2.45) is 0 Å². The van der Waals surface area contributed by atoms with Crippen molar-refractivity contribution in [3.05, 3.63) is 10.7 Å². The number of methoxy groups -OCH3 is 1. The third kappa shape index (κ3) is 1.72. The summed E-state index contributed by atoms with van der Waals surface area (Å²) in [5.74, 6) is -1.11. The number of rotatable bonds is 3. The van der Waals surface area contributed by atoms with Crippen LogP contribution in [-0.2, 0) is 11.3 Å². The molecule has 6 heteroatoms. The number of anilines is 1. The van der Waals surface area contributed by atoms with Gasteiger partial charge in [-0.15, -0.1) is 0 Å². The van der Waals surface area contributed by atoms with E-state index in [0.29, 0.717) is 11.6 Å². The van der Waals surface area contributed by atoms with Crippen molar-refractivity contribution >= 4 is 22.3 Å². The first-order valence-electron chi connectivity index (χ1n) is 3.12. The van der Waals surface area contributed by atoms with E-state index in [9.17, 15) is 4.79 Å². The van der Waals surface area contributed by atoms with Gasteiger partial charge >= 0.3 is 5.97 Å². The lowest BCUT2D eigenvalue weighted by molar-refractivity contribution is 0.0692. The molecule has 0 radical (unpaired) electrons. The Bertz CT molecular complexity index is 297. The zero-order chi connectivity index (χ0) is 9.14. The van der Waals surface area contributed by atoms with Crippen molar-refractivity contribution in [1.29, 1.82) is 0 Å². The molecular weight excluding hydrogens is 180 g/mol.